The molecular formula is C29H31N5O2. The molecular weight excluding hydrogens is 450 g/mol. The van der Waals surface area contributed by atoms with E-state index in [9.17, 15) is 14.9 Å². The van der Waals surface area contributed by atoms with E-state index in [2.05, 4.69) is 64.4 Å². The van der Waals surface area contributed by atoms with Crippen molar-refractivity contribution in [3.63, 3.8) is 0 Å². The standard InChI is InChI=1S/C29H31N5O2/c30-14-20-11-19-12-25(19)33(20)28(35)24(31)16-32-15-21-13-26(32)29(36)34(21)27-22-7-3-1-5-17(22)9-10-18-6-2-4-8-23(18)27/h1-8,19-21,24-27H,9-13,15-16,31H2/t19-,20?,21?,24?,25+,26+/m1/s1. The lowest BCUT2D eigenvalue weighted by Crippen LogP contribution is -2.57. The van der Waals surface area contributed by atoms with Crippen LogP contribution in [-0.4, -0.2) is 69.8 Å². The van der Waals surface area contributed by atoms with Crippen LogP contribution in [0, 0.1) is 17.2 Å². The smallest absolute Gasteiger partial charge is 0.242 e. The summed E-state index contributed by atoms with van der Waals surface area (Å²) in [7, 11) is 0. The Morgan fingerprint density at radius 3 is 2.33 bits per heavy atom. The zero-order valence-corrected chi connectivity index (χ0v) is 20.3. The molecule has 2 aromatic carbocycles. The number of nitriles is 1. The maximum absolute atomic E-state index is 13.9. The highest BCUT2D eigenvalue weighted by atomic mass is 16.2. The summed E-state index contributed by atoms with van der Waals surface area (Å²) in [6.07, 6.45) is 4.49. The fourth-order valence-corrected chi connectivity index (χ4v) is 7.43. The highest BCUT2D eigenvalue weighted by molar-refractivity contribution is 5.87. The van der Waals surface area contributed by atoms with Crippen molar-refractivity contribution < 1.29 is 9.59 Å². The van der Waals surface area contributed by atoms with E-state index in [0.717, 1.165) is 38.6 Å². The molecule has 3 heterocycles. The molecule has 2 N–H and O–H groups in total. The topological polar surface area (TPSA) is 93.7 Å². The Bertz CT molecular complexity index is 1240. The van der Waals surface area contributed by atoms with E-state index in [1.165, 1.54) is 22.3 Å². The SMILES string of the molecule is N#CC1C[C@@H]2C[C@@H]2N1C(=O)C(N)CN1CC2C[C@H]1C(=O)N2C1c2ccccc2CCc2ccccc21. The largest absolute Gasteiger partial charge is 0.326 e. The molecule has 3 aliphatic heterocycles. The highest BCUT2D eigenvalue weighted by Gasteiger charge is 2.56. The number of hydrogen-bond donors (Lipinski definition) is 1. The predicted octanol–water partition coefficient (Wildman–Crippen LogP) is 2.00. The van der Waals surface area contributed by atoms with Gasteiger partial charge in [-0.25, -0.2) is 0 Å². The first kappa shape index (κ1) is 22.0. The maximum Gasteiger partial charge on any atom is 0.242 e. The second-order valence-electron chi connectivity index (χ2n) is 11.2. The highest BCUT2D eigenvalue weighted by Crippen LogP contribution is 2.48. The number of rotatable bonds is 4. The number of carbonyl (C=O) groups is 2. The van der Waals surface area contributed by atoms with E-state index >= 15 is 0 Å². The van der Waals surface area contributed by atoms with Crippen LogP contribution in [0.4, 0.5) is 0 Å². The second-order valence-corrected chi connectivity index (χ2v) is 11.2. The van der Waals surface area contributed by atoms with Gasteiger partial charge in [0, 0.05) is 25.2 Å². The quantitative estimate of drug-likeness (QED) is 0.721. The van der Waals surface area contributed by atoms with Crippen LogP contribution in [0.15, 0.2) is 48.5 Å². The molecule has 36 heavy (non-hydrogen) atoms. The minimum Gasteiger partial charge on any atom is -0.326 e. The molecule has 5 aliphatic rings. The molecule has 184 valence electrons. The summed E-state index contributed by atoms with van der Waals surface area (Å²) in [4.78, 5) is 33.0. The molecule has 2 bridgehead atoms. The Kier molecular flexibility index (Phi) is 4.99. The van der Waals surface area contributed by atoms with Gasteiger partial charge in [0.1, 0.15) is 6.04 Å². The molecule has 2 aromatic rings. The van der Waals surface area contributed by atoms with Crippen molar-refractivity contribution in [2.45, 2.75) is 68.4 Å². The van der Waals surface area contributed by atoms with Gasteiger partial charge in [-0.15, -0.1) is 0 Å². The van der Waals surface area contributed by atoms with Gasteiger partial charge in [-0.05, 0) is 60.3 Å². The van der Waals surface area contributed by atoms with Crippen molar-refractivity contribution in [1.29, 1.82) is 5.26 Å². The third-order valence-electron chi connectivity index (χ3n) is 9.21. The van der Waals surface area contributed by atoms with Gasteiger partial charge in [-0.3, -0.25) is 14.5 Å². The minimum atomic E-state index is -0.708. The van der Waals surface area contributed by atoms with Crippen molar-refractivity contribution in [1.82, 2.24) is 14.7 Å². The molecule has 6 atom stereocenters. The number of likely N-dealkylation sites (tertiary alicyclic amines) is 3. The molecule has 0 radical (unpaired) electrons. The summed E-state index contributed by atoms with van der Waals surface area (Å²) in [5.41, 5.74) is 11.5. The number of nitrogens with two attached hydrogens (primary N) is 1. The van der Waals surface area contributed by atoms with Crippen LogP contribution in [0.1, 0.15) is 47.6 Å². The number of fused-ring (bicyclic) bond motifs is 5. The average Bonchev–Trinajstić information content (AvgIpc) is 3.28. The summed E-state index contributed by atoms with van der Waals surface area (Å²) in [6.45, 7) is 1.09. The second kappa shape index (κ2) is 8.16. The average molecular weight is 482 g/mol. The third-order valence-corrected chi connectivity index (χ3v) is 9.21. The number of carbonyl (C=O) groups excluding carboxylic acids is 2. The molecule has 3 unspecified atom stereocenters. The summed E-state index contributed by atoms with van der Waals surface area (Å²) in [6, 6.07) is 18.3. The Hall–Kier alpha value is -3.21. The summed E-state index contributed by atoms with van der Waals surface area (Å²) < 4.78 is 0. The van der Waals surface area contributed by atoms with Crippen LogP contribution in [0.2, 0.25) is 0 Å². The van der Waals surface area contributed by atoms with Gasteiger partial charge < -0.3 is 15.5 Å². The summed E-state index contributed by atoms with van der Waals surface area (Å²) in [5.74, 6) is 0.472. The normalized spacial score (nSPS) is 31.4. The first-order valence-electron chi connectivity index (χ1n) is 13.2. The molecule has 1 saturated carbocycles. The van der Waals surface area contributed by atoms with E-state index < -0.39 is 6.04 Å². The predicted molar refractivity (Wildman–Crippen MR) is 133 cm³/mol. The lowest BCUT2D eigenvalue weighted by Gasteiger charge is -2.40. The first-order chi connectivity index (χ1) is 17.5. The van der Waals surface area contributed by atoms with Crippen molar-refractivity contribution in [2.24, 2.45) is 11.7 Å². The zero-order valence-electron chi connectivity index (χ0n) is 20.3. The Morgan fingerprint density at radius 2 is 1.69 bits per heavy atom. The molecule has 3 saturated heterocycles. The van der Waals surface area contributed by atoms with Gasteiger partial charge >= 0.3 is 0 Å². The number of nitrogens with zero attached hydrogens (tertiary/aromatic N) is 4. The molecule has 2 aliphatic carbocycles. The van der Waals surface area contributed by atoms with Crippen LogP contribution in [0.25, 0.3) is 0 Å². The number of hydrogen-bond acceptors (Lipinski definition) is 5. The number of amides is 2. The molecule has 7 heteroatoms. The number of piperazine rings is 1. The summed E-state index contributed by atoms with van der Waals surface area (Å²) >= 11 is 0. The third kappa shape index (κ3) is 3.24. The molecule has 2 amide bonds. The van der Waals surface area contributed by atoms with Crippen LogP contribution in [-0.2, 0) is 22.4 Å². The van der Waals surface area contributed by atoms with Crippen LogP contribution >= 0.6 is 0 Å². The fourth-order valence-electron chi connectivity index (χ4n) is 7.43. The van der Waals surface area contributed by atoms with E-state index in [0.29, 0.717) is 12.5 Å². The van der Waals surface area contributed by atoms with Gasteiger partial charge in [-0.1, -0.05) is 48.5 Å². The molecule has 0 aromatic heterocycles. The van der Waals surface area contributed by atoms with Crippen molar-refractivity contribution >= 4 is 11.8 Å². The minimum absolute atomic E-state index is 0.0763. The summed E-state index contributed by atoms with van der Waals surface area (Å²) in [5, 5.41) is 9.48. The Labute approximate surface area is 211 Å². The molecule has 4 fully saturated rings. The van der Waals surface area contributed by atoms with Gasteiger partial charge in [0.2, 0.25) is 11.8 Å². The maximum atomic E-state index is 13.9. The lowest BCUT2D eigenvalue weighted by atomic mass is 9.92. The monoisotopic (exact) mass is 481 g/mol. The van der Waals surface area contributed by atoms with E-state index in [-0.39, 0.29) is 42.0 Å². The van der Waals surface area contributed by atoms with E-state index in [1.807, 2.05) is 0 Å². The molecule has 7 nitrogen and oxygen atoms in total. The zero-order chi connectivity index (χ0) is 24.6. The van der Waals surface area contributed by atoms with Crippen LogP contribution in [0.3, 0.4) is 0 Å². The van der Waals surface area contributed by atoms with E-state index in [4.69, 9.17) is 5.73 Å². The van der Waals surface area contributed by atoms with Crippen LogP contribution < -0.4 is 5.73 Å². The Morgan fingerprint density at radius 1 is 1.03 bits per heavy atom. The van der Waals surface area contributed by atoms with Crippen molar-refractivity contribution in [3.8, 4) is 6.07 Å². The molecule has 0 spiro atoms. The Balaban J connectivity index is 1.13. The molecule has 7 rings (SSSR count). The van der Waals surface area contributed by atoms with Gasteiger partial charge in [0.25, 0.3) is 0 Å². The number of benzene rings is 2. The van der Waals surface area contributed by atoms with Gasteiger partial charge in [-0.2, -0.15) is 5.26 Å². The van der Waals surface area contributed by atoms with Gasteiger partial charge in [0.15, 0.2) is 0 Å². The van der Waals surface area contributed by atoms with Crippen molar-refractivity contribution in [3.05, 3.63) is 70.8 Å². The number of aryl methyl sites for hydroxylation is 2. The van der Waals surface area contributed by atoms with E-state index in [1.54, 1.807) is 4.90 Å². The fraction of sp³-hybridized carbons (Fsp3) is 0.483. The van der Waals surface area contributed by atoms with Gasteiger partial charge in [0.05, 0.1) is 24.2 Å². The van der Waals surface area contributed by atoms with Crippen LogP contribution in [0.5, 0.6) is 0 Å². The first-order valence-corrected chi connectivity index (χ1v) is 13.2. The number of piperidine rings is 1. The lowest BCUT2D eigenvalue weighted by molar-refractivity contribution is -0.140. The van der Waals surface area contributed by atoms with Crippen molar-refractivity contribution in [2.75, 3.05) is 13.1 Å².